The van der Waals surface area contributed by atoms with E-state index < -0.39 is 0 Å². The number of nitrogens with zero attached hydrogens (tertiary/aromatic N) is 3. The quantitative estimate of drug-likeness (QED) is 0.756. The molecule has 138 valence electrons. The molecule has 26 heavy (non-hydrogen) atoms. The number of rotatable bonds is 5. The largest absolute Gasteiger partial charge is 0.478 e. The highest BCUT2D eigenvalue weighted by Gasteiger charge is 2.23. The van der Waals surface area contributed by atoms with Gasteiger partial charge in [-0.2, -0.15) is 0 Å². The van der Waals surface area contributed by atoms with Crippen LogP contribution in [0.3, 0.4) is 0 Å². The number of aromatic nitrogens is 2. The van der Waals surface area contributed by atoms with Crippen molar-refractivity contribution in [2.24, 2.45) is 0 Å². The van der Waals surface area contributed by atoms with E-state index >= 15 is 0 Å². The lowest BCUT2D eigenvalue weighted by Gasteiger charge is -2.33. The van der Waals surface area contributed by atoms with E-state index in [1.807, 2.05) is 13.0 Å². The van der Waals surface area contributed by atoms with Crippen LogP contribution in [0.25, 0.3) is 16.8 Å². The number of aryl methyl sites for hydroxylation is 2. The molecule has 0 bridgehead atoms. The lowest BCUT2D eigenvalue weighted by Crippen LogP contribution is -2.34. The highest BCUT2D eigenvalue weighted by atomic mass is 16.5. The van der Waals surface area contributed by atoms with Crippen LogP contribution in [0.2, 0.25) is 0 Å². The number of anilines is 1. The average Bonchev–Trinajstić information content (AvgIpc) is 2.61. The summed E-state index contributed by atoms with van der Waals surface area (Å²) < 4.78 is 5.57. The van der Waals surface area contributed by atoms with E-state index in [0.717, 1.165) is 35.6 Å². The molecule has 0 spiro atoms. The molecular formula is C22H29N3O. The van der Waals surface area contributed by atoms with Crippen molar-refractivity contribution in [3.8, 4) is 17.1 Å². The van der Waals surface area contributed by atoms with Gasteiger partial charge in [-0.1, -0.05) is 13.0 Å². The Bertz CT molecular complexity index is 840. The SMILES string of the molecule is CCOc1ccc(-c2nc3c(cc2C)N(C(C)C)CC=C3C)c(CC)n1. The van der Waals surface area contributed by atoms with Gasteiger partial charge < -0.3 is 9.64 Å². The third-order valence-corrected chi connectivity index (χ3v) is 4.92. The molecule has 0 saturated carbocycles. The molecule has 3 heterocycles. The first kappa shape index (κ1) is 18.4. The van der Waals surface area contributed by atoms with Gasteiger partial charge in [-0.15, -0.1) is 0 Å². The second-order valence-electron chi connectivity index (χ2n) is 7.09. The predicted molar refractivity (Wildman–Crippen MR) is 109 cm³/mol. The molecule has 0 N–H and O–H groups in total. The van der Waals surface area contributed by atoms with Crippen LogP contribution in [0.15, 0.2) is 24.3 Å². The summed E-state index contributed by atoms with van der Waals surface area (Å²) in [6.45, 7) is 14.4. The predicted octanol–water partition coefficient (Wildman–Crippen LogP) is 5.04. The summed E-state index contributed by atoms with van der Waals surface area (Å²) in [7, 11) is 0. The Morgan fingerprint density at radius 3 is 2.54 bits per heavy atom. The van der Waals surface area contributed by atoms with Gasteiger partial charge >= 0.3 is 0 Å². The summed E-state index contributed by atoms with van der Waals surface area (Å²) in [5, 5.41) is 0. The van der Waals surface area contributed by atoms with Crippen LogP contribution in [0, 0.1) is 6.92 Å². The standard InChI is InChI=1S/C22H29N3O/c1-7-18-17(9-10-20(23-18)26-8-2)21-16(6)13-19-22(24-21)15(5)11-12-25(19)14(3)4/h9-11,13-14H,7-8,12H2,1-6H3. The van der Waals surface area contributed by atoms with Crippen LogP contribution in [0.1, 0.15) is 51.6 Å². The number of hydrogen-bond acceptors (Lipinski definition) is 4. The average molecular weight is 351 g/mol. The maximum absolute atomic E-state index is 5.57. The minimum absolute atomic E-state index is 0.448. The second kappa shape index (κ2) is 7.48. The maximum atomic E-state index is 5.57. The fourth-order valence-electron chi connectivity index (χ4n) is 3.49. The van der Waals surface area contributed by atoms with Gasteiger partial charge in [-0.3, -0.25) is 0 Å². The number of pyridine rings is 2. The first-order chi connectivity index (χ1) is 12.5. The summed E-state index contributed by atoms with van der Waals surface area (Å²) in [5.74, 6) is 0.686. The van der Waals surface area contributed by atoms with Crippen LogP contribution >= 0.6 is 0 Å². The molecule has 0 amide bonds. The minimum atomic E-state index is 0.448. The zero-order chi connectivity index (χ0) is 18.8. The molecule has 0 saturated heterocycles. The summed E-state index contributed by atoms with van der Waals surface area (Å²) in [5.41, 5.74) is 7.91. The lowest BCUT2D eigenvalue weighted by atomic mass is 9.98. The van der Waals surface area contributed by atoms with Crippen LogP contribution < -0.4 is 9.64 Å². The van der Waals surface area contributed by atoms with Gasteiger partial charge in [0.2, 0.25) is 5.88 Å². The Hall–Kier alpha value is -2.36. The highest BCUT2D eigenvalue weighted by molar-refractivity contribution is 5.80. The fourth-order valence-corrected chi connectivity index (χ4v) is 3.49. The van der Waals surface area contributed by atoms with Crippen molar-refractivity contribution in [1.82, 2.24) is 9.97 Å². The summed E-state index contributed by atoms with van der Waals surface area (Å²) >= 11 is 0. The van der Waals surface area contributed by atoms with Gasteiger partial charge in [0, 0.05) is 24.2 Å². The topological polar surface area (TPSA) is 38.2 Å². The molecule has 0 unspecified atom stereocenters. The van der Waals surface area contributed by atoms with Gasteiger partial charge in [0.25, 0.3) is 0 Å². The molecule has 4 heteroatoms. The van der Waals surface area contributed by atoms with E-state index in [0.29, 0.717) is 18.5 Å². The monoisotopic (exact) mass is 351 g/mol. The Morgan fingerprint density at radius 1 is 1.12 bits per heavy atom. The van der Waals surface area contributed by atoms with Crippen LogP contribution in [-0.2, 0) is 6.42 Å². The Morgan fingerprint density at radius 2 is 1.88 bits per heavy atom. The maximum Gasteiger partial charge on any atom is 0.213 e. The number of fused-ring (bicyclic) bond motifs is 1. The molecule has 2 aromatic heterocycles. The lowest BCUT2D eigenvalue weighted by molar-refractivity contribution is 0.326. The van der Waals surface area contributed by atoms with Crippen molar-refractivity contribution in [2.75, 3.05) is 18.1 Å². The van der Waals surface area contributed by atoms with E-state index in [4.69, 9.17) is 9.72 Å². The fraction of sp³-hybridized carbons (Fsp3) is 0.455. The van der Waals surface area contributed by atoms with Crippen molar-refractivity contribution >= 4 is 11.3 Å². The summed E-state index contributed by atoms with van der Waals surface area (Å²) in [4.78, 5) is 12.2. The van der Waals surface area contributed by atoms with Gasteiger partial charge in [0.15, 0.2) is 0 Å². The third-order valence-electron chi connectivity index (χ3n) is 4.92. The third kappa shape index (κ3) is 3.33. The zero-order valence-corrected chi connectivity index (χ0v) is 16.8. The summed E-state index contributed by atoms with van der Waals surface area (Å²) in [6, 6.07) is 6.77. The molecule has 0 aromatic carbocycles. The molecule has 0 radical (unpaired) electrons. The molecule has 2 aromatic rings. The number of ether oxygens (including phenoxy) is 1. The number of hydrogen-bond donors (Lipinski definition) is 0. The van der Waals surface area contributed by atoms with E-state index in [2.05, 4.69) is 62.7 Å². The van der Waals surface area contributed by atoms with Crippen molar-refractivity contribution in [3.05, 3.63) is 41.2 Å². The first-order valence-electron chi connectivity index (χ1n) is 9.54. The molecule has 0 fully saturated rings. The Balaban J connectivity index is 2.13. The van der Waals surface area contributed by atoms with Crippen molar-refractivity contribution in [3.63, 3.8) is 0 Å². The minimum Gasteiger partial charge on any atom is -0.478 e. The molecular weight excluding hydrogens is 322 g/mol. The molecule has 4 nitrogen and oxygen atoms in total. The zero-order valence-electron chi connectivity index (χ0n) is 16.8. The number of allylic oxidation sites excluding steroid dienone is 1. The summed E-state index contributed by atoms with van der Waals surface area (Å²) in [6.07, 6.45) is 3.12. The first-order valence-corrected chi connectivity index (χ1v) is 9.54. The van der Waals surface area contributed by atoms with Gasteiger partial charge in [-0.05, 0) is 64.3 Å². The van der Waals surface area contributed by atoms with Gasteiger partial charge in [0.1, 0.15) is 0 Å². The second-order valence-corrected chi connectivity index (χ2v) is 7.09. The van der Waals surface area contributed by atoms with Gasteiger partial charge in [0.05, 0.1) is 29.4 Å². The normalized spacial score (nSPS) is 13.7. The van der Waals surface area contributed by atoms with Crippen LogP contribution in [0.4, 0.5) is 5.69 Å². The smallest absolute Gasteiger partial charge is 0.213 e. The van der Waals surface area contributed by atoms with E-state index in [1.165, 1.54) is 16.8 Å². The molecule has 3 rings (SSSR count). The molecule has 0 atom stereocenters. The Labute approximate surface area is 156 Å². The molecule has 1 aliphatic heterocycles. The molecule has 0 aliphatic carbocycles. The Kier molecular flexibility index (Phi) is 5.30. The molecule has 1 aliphatic rings. The van der Waals surface area contributed by atoms with Crippen molar-refractivity contribution in [1.29, 1.82) is 0 Å². The van der Waals surface area contributed by atoms with Crippen LogP contribution in [0.5, 0.6) is 5.88 Å². The van der Waals surface area contributed by atoms with Crippen molar-refractivity contribution in [2.45, 2.75) is 54.0 Å². The van der Waals surface area contributed by atoms with E-state index in [1.54, 1.807) is 0 Å². The van der Waals surface area contributed by atoms with E-state index in [-0.39, 0.29) is 0 Å². The van der Waals surface area contributed by atoms with Crippen molar-refractivity contribution < 1.29 is 4.74 Å². The van der Waals surface area contributed by atoms with Gasteiger partial charge in [-0.25, -0.2) is 9.97 Å². The van der Waals surface area contributed by atoms with Crippen LogP contribution in [-0.4, -0.2) is 29.2 Å². The highest BCUT2D eigenvalue weighted by Crippen LogP contribution is 2.36. The van der Waals surface area contributed by atoms with E-state index in [9.17, 15) is 0 Å².